The van der Waals surface area contributed by atoms with Crippen LogP contribution in [-0.4, -0.2) is 58.5 Å². The van der Waals surface area contributed by atoms with Crippen molar-refractivity contribution in [2.24, 2.45) is 0 Å². The summed E-state index contributed by atoms with van der Waals surface area (Å²) in [5.74, 6) is 0.798. The molecule has 2 aromatic rings. The van der Waals surface area contributed by atoms with Crippen molar-refractivity contribution in [3.8, 4) is 0 Å². The highest BCUT2D eigenvalue weighted by molar-refractivity contribution is 7.13. The molecule has 0 unspecified atom stereocenters. The Kier molecular flexibility index (Phi) is 5.12. The van der Waals surface area contributed by atoms with Gasteiger partial charge in [-0.05, 0) is 25.3 Å². The number of rotatable bonds is 4. The number of aryl methyl sites for hydroxylation is 1. The van der Waals surface area contributed by atoms with Gasteiger partial charge in [-0.25, -0.2) is 15.0 Å². The maximum atomic E-state index is 12.8. The fourth-order valence-electron chi connectivity index (χ4n) is 3.35. The van der Waals surface area contributed by atoms with Gasteiger partial charge < -0.3 is 14.5 Å². The fourth-order valence-corrected chi connectivity index (χ4v) is 4.18. The molecule has 2 aliphatic heterocycles. The molecule has 1 atom stereocenters. The van der Waals surface area contributed by atoms with E-state index < -0.39 is 0 Å². The summed E-state index contributed by atoms with van der Waals surface area (Å²) in [4.78, 5) is 30.9. The Bertz CT molecular complexity index is 774. The molecule has 2 aliphatic rings. The third-order valence-electron chi connectivity index (χ3n) is 4.80. The second-order valence-electron chi connectivity index (χ2n) is 6.56. The third-order valence-corrected chi connectivity index (χ3v) is 5.93. The number of hydrogen-bond donors (Lipinski definition) is 0. The number of hydrogen-bond acceptors (Lipinski definition) is 7. The smallest absolute Gasteiger partial charge is 0.265 e. The van der Waals surface area contributed by atoms with Crippen LogP contribution in [0.2, 0.25) is 0 Å². The van der Waals surface area contributed by atoms with Gasteiger partial charge in [-0.2, -0.15) is 0 Å². The normalized spacial score (nSPS) is 20.6. The molecule has 0 saturated carbocycles. The summed E-state index contributed by atoms with van der Waals surface area (Å²) >= 11 is 1.48. The van der Waals surface area contributed by atoms with E-state index in [0.717, 1.165) is 36.2 Å². The summed E-state index contributed by atoms with van der Waals surface area (Å²) in [5.41, 5.74) is 0.845. The number of amides is 1. The number of morpholine rings is 1. The Morgan fingerprint density at radius 2 is 2.15 bits per heavy atom. The first-order valence-corrected chi connectivity index (χ1v) is 9.99. The number of carbonyl (C=O) groups is 1. The van der Waals surface area contributed by atoms with Gasteiger partial charge in [0.15, 0.2) is 0 Å². The third kappa shape index (κ3) is 3.57. The average molecular weight is 373 g/mol. The molecular weight excluding hydrogens is 350 g/mol. The highest BCUT2D eigenvalue weighted by Gasteiger charge is 2.28. The summed E-state index contributed by atoms with van der Waals surface area (Å²) in [6, 6.07) is 1.89. The molecule has 2 saturated heterocycles. The van der Waals surface area contributed by atoms with Crippen LogP contribution in [0, 0.1) is 0 Å². The van der Waals surface area contributed by atoms with Gasteiger partial charge in [-0.15, -0.1) is 11.3 Å². The van der Waals surface area contributed by atoms with Crippen LogP contribution in [-0.2, 0) is 11.2 Å². The van der Waals surface area contributed by atoms with Crippen molar-refractivity contribution < 1.29 is 9.53 Å². The largest absolute Gasteiger partial charge is 0.368 e. The minimum atomic E-state index is -0.212. The molecule has 0 N–H and O–H groups in total. The zero-order valence-corrected chi connectivity index (χ0v) is 15.7. The molecule has 0 spiro atoms. The predicted molar refractivity (Wildman–Crippen MR) is 99.6 cm³/mol. The van der Waals surface area contributed by atoms with E-state index in [1.54, 1.807) is 12.4 Å². The Morgan fingerprint density at radius 1 is 1.31 bits per heavy atom. The van der Waals surface area contributed by atoms with Crippen LogP contribution >= 0.6 is 11.3 Å². The van der Waals surface area contributed by atoms with Crippen LogP contribution in [0.15, 0.2) is 18.5 Å². The molecule has 4 rings (SSSR count). The predicted octanol–water partition coefficient (Wildman–Crippen LogP) is 2.31. The SMILES string of the molecule is CCc1ncc(C(=O)N2CCO[C@H](c3ccnc(N4CCCC4)n3)C2)s1. The van der Waals surface area contributed by atoms with E-state index in [-0.39, 0.29) is 12.0 Å². The van der Waals surface area contributed by atoms with E-state index in [0.29, 0.717) is 24.6 Å². The summed E-state index contributed by atoms with van der Waals surface area (Å²) < 4.78 is 5.91. The van der Waals surface area contributed by atoms with Crippen molar-refractivity contribution >= 4 is 23.2 Å². The van der Waals surface area contributed by atoms with E-state index in [9.17, 15) is 4.79 Å². The Hall–Kier alpha value is -2.06. The quantitative estimate of drug-likeness (QED) is 0.819. The van der Waals surface area contributed by atoms with Gasteiger partial charge in [0.2, 0.25) is 5.95 Å². The minimum Gasteiger partial charge on any atom is -0.368 e. The standard InChI is InChI=1S/C18H23N5O2S/c1-2-16-20-11-15(26-16)17(24)23-9-10-25-14(12-23)13-5-6-19-18(21-13)22-7-3-4-8-22/h5-6,11,14H,2-4,7-10,12H2,1H3/t14-/m0/s1. The molecule has 0 aromatic carbocycles. The molecular formula is C18H23N5O2S. The van der Waals surface area contributed by atoms with Crippen molar-refractivity contribution in [2.45, 2.75) is 32.3 Å². The fraction of sp³-hybridized carbons (Fsp3) is 0.556. The second-order valence-corrected chi connectivity index (χ2v) is 7.67. The monoisotopic (exact) mass is 373 g/mol. The molecule has 8 heteroatoms. The number of aromatic nitrogens is 3. The lowest BCUT2D eigenvalue weighted by Crippen LogP contribution is -2.42. The first-order valence-electron chi connectivity index (χ1n) is 9.18. The highest BCUT2D eigenvalue weighted by atomic mass is 32.1. The lowest BCUT2D eigenvalue weighted by Gasteiger charge is -2.32. The van der Waals surface area contributed by atoms with Crippen LogP contribution in [0.5, 0.6) is 0 Å². The Balaban J connectivity index is 1.48. The zero-order chi connectivity index (χ0) is 17.9. The van der Waals surface area contributed by atoms with Crippen molar-refractivity contribution in [3.63, 3.8) is 0 Å². The second kappa shape index (κ2) is 7.67. The lowest BCUT2D eigenvalue weighted by atomic mass is 10.2. The van der Waals surface area contributed by atoms with Crippen molar-refractivity contribution in [2.75, 3.05) is 37.7 Å². The van der Waals surface area contributed by atoms with Gasteiger partial charge >= 0.3 is 0 Å². The molecule has 0 bridgehead atoms. The number of thiazole rings is 1. The first kappa shape index (κ1) is 17.4. The van der Waals surface area contributed by atoms with Gasteiger partial charge in [0.05, 0.1) is 30.1 Å². The molecule has 7 nitrogen and oxygen atoms in total. The summed E-state index contributed by atoms with van der Waals surface area (Å²) in [6.07, 6.45) is 6.48. The topological polar surface area (TPSA) is 71.5 Å². The van der Waals surface area contributed by atoms with E-state index in [2.05, 4.69) is 14.9 Å². The van der Waals surface area contributed by atoms with Crippen LogP contribution < -0.4 is 4.90 Å². The zero-order valence-electron chi connectivity index (χ0n) is 14.9. The molecule has 26 heavy (non-hydrogen) atoms. The number of ether oxygens (including phenoxy) is 1. The number of nitrogens with zero attached hydrogens (tertiary/aromatic N) is 5. The van der Waals surface area contributed by atoms with Crippen LogP contribution in [0.3, 0.4) is 0 Å². The van der Waals surface area contributed by atoms with Gasteiger partial charge in [-0.3, -0.25) is 4.79 Å². The van der Waals surface area contributed by atoms with E-state index in [1.807, 2.05) is 17.9 Å². The summed E-state index contributed by atoms with van der Waals surface area (Å²) in [6.45, 7) is 5.67. The lowest BCUT2D eigenvalue weighted by molar-refractivity contribution is -0.0245. The summed E-state index contributed by atoms with van der Waals surface area (Å²) in [5, 5.41) is 0.990. The van der Waals surface area contributed by atoms with Gasteiger partial charge in [-0.1, -0.05) is 6.92 Å². The van der Waals surface area contributed by atoms with E-state index in [4.69, 9.17) is 9.72 Å². The maximum Gasteiger partial charge on any atom is 0.265 e. The van der Waals surface area contributed by atoms with E-state index >= 15 is 0 Å². The van der Waals surface area contributed by atoms with Gasteiger partial charge in [0.1, 0.15) is 11.0 Å². The van der Waals surface area contributed by atoms with Crippen molar-refractivity contribution in [3.05, 3.63) is 34.0 Å². The van der Waals surface area contributed by atoms with Crippen LogP contribution in [0.1, 0.15) is 46.2 Å². The Morgan fingerprint density at radius 3 is 2.92 bits per heavy atom. The maximum absolute atomic E-state index is 12.8. The molecule has 4 heterocycles. The first-order chi connectivity index (χ1) is 12.7. The molecule has 2 fully saturated rings. The van der Waals surface area contributed by atoms with Crippen molar-refractivity contribution in [1.82, 2.24) is 19.9 Å². The molecule has 0 aliphatic carbocycles. The minimum absolute atomic E-state index is 0.0318. The van der Waals surface area contributed by atoms with Crippen LogP contribution in [0.4, 0.5) is 5.95 Å². The molecule has 2 aromatic heterocycles. The number of carbonyl (C=O) groups excluding carboxylic acids is 1. The van der Waals surface area contributed by atoms with Crippen molar-refractivity contribution in [1.29, 1.82) is 0 Å². The van der Waals surface area contributed by atoms with Gasteiger partial charge in [0, 0.05) is 25.8 Å². The summed E-state index contributed by atoms with van der Waals surface area (Å²) in [7, 11) is 0. The highest BCUT2D eigenvalue weighted by Crippen LogP contribution is 2.25. The van der Waals surface area contributed by atoms with Gasteiger partial charge in [0.25, 0.3) is 5.91 Å². The van der Waals surface area contributed by atoms with E-state index in [1.165, 1.54) is 24.2 Å². The van der Waals surface area contributed by atoms with Crippen LogP contribution in [0.25, 0.3) is 0 Å². The Labute approximate surface area is 157 Å². The molecule has 1 amide bonds. The average Bonchev–Trinajstić information content (AvgIpc) is 3.39. The molecule has 138 valence electrons. The molecule has 0 radical (unpaired) electrons. The number of anilines is 1.